The fourth-order valence-electron chi connectivity index (χ4n) is 3.99. The Balaban J connectivity index is 3.00. The van der Waals surface area contributed by atoms with E-state index in [1.54, 1.807) is 0 Å². The highest BCUT2D eigenvalue weighted by Crippen LogP contribution is 2.43. The van der Waals surface area contributed by atoms with Gasteiger partial charge in [0, 0.05) is 5.57 Å². The molecule has 0 spiro atoms. The minimum Gasteiger partial charge on any atom is -0.462 e. The standard InChI is InChI=1S/C25H29F11O8/c1-13(2)17(37)41-6-7-42-20(40)16-8-14(18(38)43-11-22(28,29)9-21(3,26)27)4-5-15(16)19(39)44-12-23(30,31)10-24(32,33)25(34,35)36/h14-16H,1,4-12H2,2-3H3. The molecule has 1 fully saturated rings. The predicted molar refractivity (Wildman–Crippen MR) is 124 cm³/mol. The number of carbonyl (C=O) groups excluding carboxylic acids is 4. The second-order valence-electron chi connectivity index (χ2n) is 10.4. The number of esters is 4. The highest BCUT2D eigenvalue weighted by molar-refractivity contribution is 5.87. The van der Waals surface area contributed by atoms with Crippen molar-refractivity contribution in [3.8, 4) is 0 Å². The lowest BCUT2D eigenvalue weighted by molar-refractivity contribution is -0.302. The van der Waals surface area contributed by atoms with Gasteiger partial charge in [0.05, 0.1) is 30.6 Å². The molecule has 8 nitrogen and oxygen atoms in total. The van der Waals surface area contributed by atoms with E-state index >= 15 is 0 Å². The minimum absolute atomic E-state index is 0.0224. The Kier molecular flexibility index (Phi) is 13.0. The largest absolute Gasteiger partial charge is 0.462 e. The van der Waals surface area contributed by atoms with E-state index in [2.05, 4.69) is 20.8 Å². The van der Waals surface area contributed by atoms with Gasteiger partial charge in [-0.2, -0.15) is 22.0 Å². The molecule has 3 atom stereocenters. The van der Waals surface area contributed by atoms with Crippen LogP contribution in [0.25, 0.3) is 0 Å². The van der Waals surface area contributed by atoms with Gasteiger partial charge in [-0.25, -0.2) is 31.1 Å². The summed E-state index contributed by atoms with van der Waals surface area (Å²) in [6.45, 7) is -0.395. The lowest BCUT2D eigenvalue weighted by atomic mass is 9.74. The number of hydrogen-bond donors (Lipinski definition) is 0. The van der Waals surface area contributed by atoms with Crippen molar-refractivity contribution >= 4 is 23.9 Å². The second-order valence-corrected chi connectivity index (χ2v) is 10.4. The Morgan fingerprint density at radius 1 is 0.682 bits per heavy atom. The van der Waals surface area contributed by atoms with Crippen LogP contribution in [0.15, 0.2) is 12.2 Å². The first kappa shape index (κ1) is 38.9. The summed E-state index contributed by atoms with van der Waals surface area (Å²) in [6.07, 6.45) is -13.1. The van der Waals surface area contributed by atoms with E-state index in [1.165, 1.54) is 6.92 Å². The van der Waals surface area contributed by atoms with Crippen molar-refractivity contribution in [2.75, 3.05) is 26.4 Å². The number of carbonyl (C=O) groups is 4. The topological polar surface area (TPSA) is 105 Å². The average molecular weight is 666 g/mol. The highest BCUT2D eigenvalue weighted by Gasteiger charge is 2.62. The van der Waals surface area contributed by atoms with Gasteiger partial charge in [-0.1, -0.05) is 6.58 Å². The SMILES string of the molecule is C=C(C)C(=O)OCCOC(=O)C1CC(C(=O)OCC(F)(F)CC(C)(F)F)CCC1C(=O)OCC(F)(F)CC(F)(F)C(F)(F)F. The molecule has 0 aliphatic heterocycles. The van der Waals surface area contributed by atoms with E-state index < -0.39 is 130 Å². The van der Waals surface area contributed by atoms with Gasteiger partial charge in [0.1, 0.15) is 13.2 Å². The molecule has 1 saturated carbocycles. The average Bonchev–Trinajstić information content (AvgIpc) is 2.85. The third-order valence-corrected chi connectivity index (χ3v) is 6.01. The molecule has 0 saturated heterocycles. The summed E-state index contributed by atoms with van der Waals surface area (Å²) in [6, 6.07) is 0. The Hall–Kier alpha value is -3.15. The lowest BCUT2D eigenvalue weighted by Crippen LogP contribution is -2.44. The predicted octanol–water partition coefficient (Wildman–Crippen LogP) is 5.67. The van der Waals surface area contributed by atoms with Crippen molar-refractivity contribution in [3.05, 3.63) is 12.2 Å². The Morgan fingerprint density at radius 2 is 1.16 bits per heavy atom. The summed E-state index contributed by atoms with van der Waals surface area (Å²) in [5.74, 6) is -28.9. The summed E-state index contributed by atoms with van der Waals surface area (Å²) < 4.78 is 162. The highest BCUT2D eigenvalue weighted by atomic mass is 19.4. The monoisotopic (exact) mass is 666 g/mol. The fraction of sp³-hybridized carbons (Fsp3) is 0.760. The maximum Gasteiger partial charge on any atom is 0.453 e. The van der Waals surface area contributed by atoms with Crippen LogP contribution in [0.2, 0.25) is 0 Å². The molecule has 1 aliphatic rings. The third kappa shape index (κ3) is 12.8. The maximum absolute atomic E-state index is 13.8. The number of ether oxygens (including phenoxy) is 4. The zero-order valence-corrected chi connectivity index (χ0v) is 23.2. The quantitative estimate of drug-likeness (QED) is 0.0724. The van der Waals surface area contributed by atoms with Crippen molar-refractivity contribution in [1.82, 2.24) is 0 Å². The second kappa shape index (κ2) is 14.8. The maximum atomic E-state index is 13.8. The van der Waals surface area contributed by atoms with E-state index in [-0.39, 0.29) is 12.5 Å². The van der Waals surface area contributed by atoms with E-state index in [1.807, 2.05) is 0 Å². The number of alkyl halides is 11. The smallest absolute Gasteiger partial charge is 0.453 e. The van der Waals surface area contributed by atoms with Crippen molar-refractivity contribution in [2.45, 2.75) is 75.8 Å². The van der Waals surface area contributed by atoms with Crippen LogP contribution in [0.5, 0.6) is 0 Å². The first-order valence-electron chi connectivity index (χ1n) is 12.7. The van der Waals surface area contributed by atoms with Crippen molar-refractivity contribution < 1.29 is 86.4 Å². The molecule has 44 heavy (non-hydrogen) atoms. The van der Waals surface area contributed by atoms with Gasteiger partial charge >= 0.3 is 36.0 Å². The zero-order chi connectivity index (χ0) is 34.3. The van der Waals surface area contributed by atoms with Crippen molar-refractivity contribution in [2.24, 2.45) is 17.8 Å². The molecule has 0 N–H and O–H groups in total. The summed E-state index contributed by atoms with van der Waals surface area (Å²) in [7, 11) is 0. The van der Waals surface area contributed by atoms with Crippen molar-refractivity contribution in [3.63, 3.8) is 0 Å². The summed E-state index contributed by atoms with van der Waals surface area (Å²) >= 11 is 0. The molecule has 0 bridgehead atoms. The summed E-state index contributed by atoms with van der Waals surface area (Å²) in [5.41, 5.74) is -0.0224. The van der Waals surface area contributed by atoms with Crippen LogP contribution in [0.3, 0.4) is 0 Å². The van der Waals surface area contributed by atoms with E-state index in [4.69, 9.17) is 4.74 Å². The van der Waals surface area contributed by atoms with Gasteiger partial charge in [0.25, 0.3) is 17.8 Å². The Morgan fingerprint density at radius 3 is 1.66 bits per heavy atom. The van der Waals surface area contributed by atoms with Gasteiger partial charge < -0.3 is 18.9 Å². The normalized spacial score (nSPS) is 20.0. The Labute approximate surface area is 243 Å². The van der Waals surface area contributed by atoms with E-state index in [0.717, 1.165) is 0 Å². The molecule has 0 aromatic heterocycles. The molecule has 1 rings (SSSR count). The molecular weight excluding hydrogens is 637 g/mol. The molecular formula is C25H29F11O8. The number of hydrogen-bond acceptors (Lipinski definition) is 8. The summed E-state index contributed by atoms with van der Waals surface area (Å²) in [5, 5.41) is 0. The van der Waals surface area contributed by atoms with Crippen molar-refractivity contribution in [1.29, 1.82) is 0 Å². The van der Waals surface area contributed by atoms with Gasteiger partial charge in [0.2, 0.25) is 0 Å². The van der Waals surface area contributed by atoms with E-state index in [0.29, 0.717) is 0 Å². The minimum atomic E-state index is -6.33. The molecule has 0 aromatic rings. The summed E-state index contributed by atoms with van der Waals surface area (Å²) in [4.78, 5) is 49.1. The van der Waals surface area contributed by atoms with Crippen LogP contribution >= 0.6 is 0 Å². The molecule has 0 radical (unpaired) electrons. The lowest BCUT2D eigenvalue weighted by Gasteiger charge is -2.33. The van der Waals surface area contributed by atoms with Gasteiger partial charge in [-0.15, -0.1) is 0 Å². The molecule has 1 aliphatic carbocycles. The molecule has 254 valence electrons. The van der Waals surface area contributed by atoms with Crippen LogP contribution in [0, 0.1) is 17.8 Å². The molecule has 0 aromatic carbocycles. The zero-order valence-electron chi connectivity index (χ0n) is 23.2. The molecule has 0 heterocycles. The van der Waals surface area contributed by atoms with Gasteiger partial charge in [-0.05, 0) is 33.1 Å². The van der Waals surface area contributed by atoms with Crippen LogP contribution in [-0.4, -0.2) is 80.2 Å². The first-order chi connectivity index (χ1) is 19.8. The van der Waals surface area contributed by atoms with Gasteiger partial charge in [0.15, 0.2) is 13.2 Å². The van der Waals surface area contributed by atoms with Crippen LogP contribution in [0.4, 0.5) is 48.3 Å². The van der Waals surface area contributed by atoms with Crippen LogP contribution in [0.1, 0.15) is 46.0 Å². The van der Waals surface area contributed by atoms with Gasteiger partial charge in [-0.3, -0.25) is 14.4 Å². The number of halogens is 11. The molecule has 19 heteroatoms. The number of rotatable bonds is 15. The molecule has 3 unspecified atom stereocenters. The molecule has 0 amide bonds. The third-order valence-electron chi connectivity index (χ3n) is 6.01. The van der Waals surface area contributed by atoms with Crippen LogP contribution in [-0.2, 0) is 38.1 Å². The first-order valence-corrected chi connectivity index (χ1v) is 12.7. The Bertz CT molecular complexity index is 1050. The fourth-order valence-corrected chi connectivity index (χ4v) is 3.99. The van der Waals surface area contributed by atoms with E-state index in [9.17, 15) is 67.5 Å². The van der Waals surface area contributed by atoms with Crippen LogP contribution < -0.4 is 0 Å².